The summed E-state index contributed by atoms with van der Waals surface area (Å²) in [5, 5.41) is 3.46. The molecule has 1 atom stereocenters. The van der Waals surface area contributed by atoms with Gasteiger partial charge in [-0.3, -0.25) is 4.99 Å². The van der Waals surface area contributed by atoms with Gasteiger partial charge >= 0.3 is 0 Å². The summed E-state index contributed by atoms with van der Waals surface area (Å²) in [6.07, 6.45) is 6.15. The number of aliphatic imine (C=N–C) groups is 1. The lowest BCUT2D eigenvalue weighted by molar-refractivity contribution is 0.0907. The van der Waals surface area contributed by atoms with Crippen LogP contribution in [-0.2, 0) is 17.8 Å². The van der Waals surface area contributed by atoms with Crippen molar-refractivity contribution < 1.29 is 4.74 Å². The molecule has 0 saturated carbocycles. The minimum absolute atomic E-state index is 0. The summed E-state index contributed by atoms with van der Waals surface area (Å²) in [5.74, 6) is 1.56. The molecular weight excluding hydrogens is 513 g/mol. The summed E-state index contributed by atoms with van der Waals surface area (Å²) in [6, 6.07) is 14.5. The van der Waals surface area contributed by atoms with E-state index in [4.69, 9.17) is 14.7 Å². The number of halogens is 1. The number of hydrogen-bond donors (Lipinski definition) is 1. The summed E-state index contributed by atoms with van der Waals surface area (Å²) in [5.41, 5.74) is 4.55. The summed E-state index contributed by atoms with van der Waals surface area (Å²) in [7, 11) is 0. The minimum atomic E-state index is 0. The maximum absolute atomic E-state index is 5.97. The number of aromatic nitrogens is 2. The molecule has 1 aromatic carbocycles. The third kappa shape index (κ3) is 6.45. The zero-order chi connectivity index (χ0) is 21.5. The fourth-order valence-electron chi connectivity index (χ4n) is 4.11. The molecule has 1 unspecified atom stereocenters. The summed E-state index contributed by atoms with van der Waals surface area (Å²) >= 11 is 0. The van der Waals surface area contributed by atoms with Crippen LogP contribution in [0.5, 0.6) is 0 Å². The number of hydrogen-bond acceptors (Lipinski definition) is 3. The van der Waals surface area contributed by atoms with Gasteiger partial charge in [0.25, 0.3) is 0 Å². The van der Waals surface area contributed by atoms with Crippen LogP contribution in [0, 0.1) is 12.8 Å². The number of pyridine rings is 1. The molecule has 1 fully saturated rings. The van der Waals surface area contributed by atoms with Crippen LogP contribution in [0.4, 0.5) is 0 Å². The van der Waals surface area contributed by atoms with Crippen molar-refractivity contribution in [2.24, 2.45) is 10.9 Å². The topological polar surface area (TPSA) is 54.2 Å². The molecule has 7 heteroatoms. The maximum atomic E-state index is 5.97. The van der Waals surface area contributed by atoms with Gasteiger partial charge in [0.2, 0.25) is 0 Å². The Hall–Kier alpha value is -2.13. The van der Waals surface area contributed by atoms with Gasteiger partial charge in [0.05, 0.1) is 18.9 Å². The van der Waals surface area contributed by atoms with E-state index in [9.17, 15) is 0 Å². The number of rotatable bonds is 8. The molecule has 32 heavy (non-hydrogen) atoms. The van der Waals surface area contributed by atoms with Gasteiger partial charge in [-0.05, 0) is 37.5 Å². The third-order valence-electron chi connectivity index (χ3n) is 5.74. The van der Waals surface area contributed by atoms with Gasteiger partial charge in [-0.1, -0.05) is 36.4 Å². The molecule has 0 spiro atoms. The average Bonchev–Trinajstić information content (AvgIpc) is 3.42. The fraction of sp³-hybridized carbons (Fsp3) is 0.440. The lowest BCUT2D eigenvalue weighted by atomic mass is 10.1. The Morgan fingerprint density at radius 3 is 2.84 bits per heavy atom. The Morgan fingerprint density at radius 2 is 2.06 bits per heavy atom. The zero-order valence-corrected chi connectivity index (χ0v) is 21.4. The molecule has 0 bridgehead atoms. The number of guanidine groups is 1. The first kappa shape index (κ1) is 24.5. The number of imidazole rings is 1. The van der Waals surface area contributed by atoms with Crippen molar-refractivity contribution in [3.05, 3.63) is 71.7 Å². The number of aryl methyl sites for hydroxylation is 1. The highest BCUT2D eigenvalue weighted by Crippen LogP contribution is 2.17. The van der Waals surface area contributed by atoms with Crippen LogP contribution in [0.2, 0.25) is 0 Å². The standard InChI is InChI=1S/C25H33N5O.HI/c1-3-26-25(27-13-11-23-17-29-14-7-8-20(2)24(29)28-23)30-15-12-22(16-30)19-31-18-21-9-5-4-6-10-21;/h4-10,14,17,22H,3,11-13,15-16,18-19H2,1-2H3,(H,26,27);1H. The second kappa shape index (κ2) is 12.2. The van der Waals surface area contributed by atoms with Crippen LogP contribution >= 0.6 is 24.0 Å². The Kier molecular flexibility index (Phi) is 9.35. The van der Waals surface area contributed by atoms with Gasteiger partial charge in [0.15, 0.2) is 5.96 Å². The predicted octanol–water partition coefficient (Wildman–Crippen LogP) is 4.31. The normalized spacial score (nSPS) is 16.4. The Morgan fingerprint density at radius 1 is 1.22 bits per heavy atom. The highest BCUT2D eigenvalue weighted by molar-refractivity contribution is 14.0. The summed E-state index contributed by atoms with van der Waals surface area (Å²) in [4.78, 5) is 12.0. The van der Waals surface area contributed by atoms with Crippen molar-refractivity contribution in [2.75, 3.05) is 32.8 Å². The highest BCUT2D eigenvalue weighted by Gasteiger charge is 2.25. The van der Waals surface area contributed by atoms with Crippen molar-refractivity contribution in [1.29, 1.82) is 0 Å². The van der Waals surface area contributed by atoms with E-state index in [-0.39, 0.29) is 24.0 Å². The molecule has 6 nitrogen and oxygen atoms in total. The molecule has 1 N–H and O–H groups in total. The first-order valence-corrected chi connectivity index (χ1v) is 11.3. The smallest absolute Gasteiger partial charge is 0.193 e. The molecule has 4 rings (SSSR count). The molecule has 1 saturated heterocycles. The molecule has 3 heterocycles. The number of likely N-dealkylation sites (tertiary alicyclic amines) is 1. The average molecular weight is 547 g/mol. The number of nitrogens with one attached hydrogen (secondary N) is 1. The first-order valence-electron chi connectivity index (χ1n) is 11.3. The van der Waals surface area contributed by atoms with Crippen molar-refractivity contribution in [2.45, 2.75) is 33.3 Å². The monoisotopic (exact) mass is 547 g/mol. The number of ether oxygens (including phenoxy) is 1. The summed E-state index contributed by atoms with van der Waals surface area (Å²) < 4.78 is 8.07. The van der Waals surface area contributed by atoms with Gasteiger partial charge in [-0.15, -0.1) is 24.0 Å². The molecule has 0 radical (unpaired) electrons. The van der Waals surface area contributed by atoms with Crippen LogP contribution in [-0.4, -0.2) is 53.0 Å². The van der Waals surface area contributed by atoms with Crippen LogP contribution in [0.25, 0.3) is 5.65 Å². The van der Waals surface area contributed by atoms with Crippen LogP contribution in [0.1, 0.15) is 30.2 Å². The van der Waals surface area contributed by atoms with Crippen molar-refractivity contribution in [3.8, 4) is 0 Å². The number of benzene rings is 1. The third-order valence-corrected chi connectivity index (χ3v) is 5.74. The first-order chi connectivity index (χ1) is 15.2. The number of fused-ring (bicyclic) bond motifs is 1. The van der Waals surface area contributed by atoms with Crippen molar-refractivity contribution in [3.63, 3.8) is 0 Å². The minimum Gasteiger partial charge on any atom is -0.376 e. The fourth-order valence-corrected chi connectivity index (χ4v) is 4.11. The Labute approximate surface area is 208 Å². The molecule has 3 aromatic rings. The quantitative estimate of drug-likeness (QED) is 0.260. The Balaban J connectivity index is 0.00000289. The van der Waals surface area contributed by atoms with E-state index in [0.29, 0.717) is 12.5 Å². The van der Waals surface area contributed by atoms with Crippen LogP contribution in [0.3, 0.4) is 0 Å². The lowest BCUT2D eigenvalue weighted by Gasteiger charge is -2.21. The molecule has 0 amide bonds. The van der Waals surface area contributed by atoms with Crippen molar-refractivity contribution >= 4 is 35.6 Å². The Bertz CT molecular complexity index is 1000. The van der Waals surface area contributed by atoms with Gasteiger partial charge in [-0.25, -0.2) is 4.98 Å². The summed E-state index contributed by atoms with van der Waals surface area (Å²) in [6.45, 7) is 9.33. The molecule has 172 valence electrons. The molecular formula is C25H34IN5O. The van der Waals surface area contributed by atoms with E-state index < -0.39 is 0 Å². The van der Waals surface area contributed by atoms with Gasteiger partial charge < -0.3 is 19.4 Å². The lowest BCUT2D eigenvalue weighted by Crippen LogP contribution is -2.40. The maximum Gasteiger partial charge on any atom is 0.193 e. The van der Waals surface area contributed by atoms with E-state index in [0.717, 1.165) is 62.9 Å². The molecule has 2 aromatic heterocycles. The molecule has 1 aliphatic rings. The van der Waals surface area contributed by atoms with E-state index in [2.05, 4.69) is 77.3 Å². The van der Waals surface area contributed by atoms with E-state index in [1.807, 2.05) is 6.07 Å². The van der Waals surface area contributed by atoms with E-state index in [1.54, 1.807) is 0 Å². The van der Waals surface area contributed by atoms with E-state index >= 15 is 0 Å². The van der Waals surface area contributed by atoms with E-state index in [1.165, 1.54) is 11.1 Å². The SMILES string of the molecule is CCNC(=NCCc1cn2cccc(C)c2n1)N1CCC(COCc2ccccc2)C1.I. The highest BCUT2D eigenvalue weighted by atomic mass is 127. The predicted molar refractivity (Wildman–Crippen MR) is 141 cm³/mol. The second-order valence-corrected chi connectivity index (χ2v) is 8.24. The molecule has 1 aliphatic heterocycles. The van der Waals surface area contributed by atoms with Crippen LogP contribution in [0.15, 0.2) is 59.9 Å². The van der Waals surface area contributed by atoms with Crippen LogP contribution < -0.4 is 5.32 Å². The largest absolute Gasteiger partial charge is 0.376 e. The van der Waals surface area contributed by atoms with Gasteiger partial charge in [0.1, 0.15) is 5.65 Å². The molecule has 0 aliphatic carbocycles. The van der Waals surface area contributed by atoms with Gasteiger partial charge in [0, 0.05) is 50.9 Å². The number of nitrogens with zero attached hydrogens (tertiary/aromatic N) is 4. The second-order valence-electron chi connectivity index (χ2n) is 8.24. The zero-order valence-electron chi connectivity index (χ0n) is 19.0. The van der Waals surface area contributed by atoms with Crippen molar-refractivity contribution in [1.82, 2.24) is 19.6 Å². The van der Waals surface area contributed by atoms with Gasteiger partial charge in [-0.2, -0.15) is 0 Å².